The Balaban J connectivity index is 2.97. The minimum absolute atomic E-state index is 0.195. The van der Waals surface area contributed by atoms with Gasteiger partial charge in [0.25, 0.3) is 0 Å². The highest BCUT2D eigenvalue weighted by molar-refractivity contribution is 7.89. The van der Waals surface area contributed by atoms with E-state index in [1.54, 1.807) is 13.8 Å². The third kappa shape index (κ3) is 4.60. The van der Waals surface area contributed by atoms with Crippen LogP contribution in [0.5, 0.6) is 0 Å². The van der Waals surface area contributed by atoms with Crippen LogP contribution >= 0.6 is 0 Å². The van der Waals surface area contributed by atoms with Crippen molar-refractivity contribution in [3.63, 3.8) is 0 Å². The molecule has 1 aromatic rings. The highest BCUT2D eigenvalue weighted by Gasteiger charge is 2.24. The molecule has 1 atom stereocenters. The lowest BCUT2D eigenvalue weighted by Gasteiger charge is -2.20. The molecule has 0 radical (unpaired) electrons. The summed E-state index contributed by atoms with van der Waals surface area (Å²) < 4.78 is 39.3. The number of sulfonamides is 1. The first-order chi connectivity index (χ1) is 8.72. The van der Waals surface area contributed by atoms with Gasteiger partial charge in [0.2, 0.25) is 10.0 Å². The summed E-state index contributed by atoms with van der Waals surface area (Å²) in [5.74, 6) is -1.96. The number of benzene rings is 1. The van der Waals surface area contributed by atoms with E-state index in [0.29, 0.717) is 0 Å². The summed E-state index contributed by atoms with van der Waals surface area (Å²) in [6.45, 7) is 3.42. The monoisotopic (exact) mass is 289 g/mol. The Morgan fingerprint density at radius 3 is 2.53 bits per heavy atom. The van der Waals surface area contributed by atoms with E-state index in [1.807, 2.05) is 0 Å². The van der Waals surface area contributed by atoms with Gasteiger partial charge in [0, 0.05) is 6.04 Å². The Hall–Kier alpha value is -1.47. The molecule has 0 saturated heterocycles. The molecule has 0 aliphatic carbocycles. The molecular formula is C12H16FNO4S. The van der Waals surface area contributed by atoms with Crippen molar-refractivity contribution in [3.8, 4) is 0 Å². The molecule has 1 rings (SSSR count). The van der Waals surface area contributed by atoms with E-state index < -0.39 is 27.9 Å². The zero-order chi connectivity index (χ0) is 14.6. The second kappa shape index (κ2) is 6.12. The van der Waals surface area contributed by atoms with Crippen LogP contribution in [0, 0.1) is 11.7 Å². The largest absolute Gasteiger partial charge is 0.481 e. The summed E-state index contributed by atoms with van der Waals surface area (Å²) in [4.78, 5) is 10.5. The highest BCUT2D eigenvalue weighted by atomic mass is 32.2. The smallest absolute Gasteiger partial charge is 0.304 e. The lowest BCUT2D eigenvalue weighted by molar-refractivity contribution is -0.137. The first kappa shape index (κ1) is 15.6. The minimum Gasteiger partial charge on any atom is -0.481 e. The Morgan fingerprint density at radius 2 is 2.05 bits per heavy atom. The number of rotatable bonds is 6. The molecule has 0 fully saturated rings. The molecule has 2 N–H and O–H groups in total. The lowest BCUT2D eigenvalue weighted by atomic mass is 10.0. The second-order valence-electron chi connectivity index (χ2n) is 4.53. The first-order valence-corrected chi connectivity index (χ1v) is 7.20. The van der Waals surface area contributed by atoms with Crippen molar-refractivity contribution >= 4 is 16.0 Å². The zero-order valence-electron chi connectivity index (χ0n) is 10.6. The maximum absolute atomic E-state index is 13.0. The Bertz CT molecular complexity index is 557. The van der Waals surface area contributed by atoms with Crippen LogP contribution < -0.4 is 4.72 Å². The predicted octanol–water partition coefficient (Wildman–Crippen LogP) is 1.60. The van der Waals surface area contributed by atoms with Crippen LogP contribution in [-0.4, -0.2) is 25.5 Å². The third-order valence-electron chi connectivity index (χ3n) is 2.61. The molecule has 1 unspecified atom stereocenters. The fraction of sp³-hybridized carbons (Fsp3) is 0.417. The quantitative estimate of drug-likeness (QED) is 0.833. The van der Waals surface area contributed by atoms with Gasteiger partial charge >= 0.3 is 5.97 Å². The van der Waals surface area contributed by atoms with Crippen LogP contribution in [0.4, 0.5) is 4.39 Å². The van der Waals surface area contributed by atoms with Crippen LogP contribution in [0.15, 0.2) is 29.2 Å². The van der Waals surface area contributed by atoms with E-state index in [9.17, 15) is 17.6 Å². The van der Waals surface area contributed by atoms with Crippen molar-refractivity contribution in [2.45, 2.75) is 31.2 Å². The van der Waals surface area contributed by atoms with E-state index in [2.05, 4.69) is 4.72 Å². The normalized spacial score (nSPS) is 13.5. The molecule has 0 saturated carbocycles. The maximum atomic E-state index is 13.0. The van der Waals surface area contributed by atoms with Crippen molar-refractivity contribution in [2.75, 3.05) is 0 Å². The number of nitrogens with one attached hydrogen (secondary N) is 1. The van der Waals surface area contributed by atoms with Gasteiger partial charge in [-0.05, 0) is 24.1 Å². The van der Waals surface area contributed by atoms with E-state index in [4.69, 9.17) is 5.11 Å². The van der Waals surface area contributed by atoms with Gasteiger partial charge in [0.05, 0.1) is 11.3 Å². The highest BCUT2D eigenvalue weighted by Crippen LogP contribution is 2.14. The number of hydrogen-bond acceptors (Lipinski definition) is 3. The van der Waals surface area contributed by atoms with Crippen LogP contribution in [0.3, 0.4) is 0 Å². The molecule has 106 valence electrons. The van der Waals surface area contributed by atoms with Crippen LogP contribution in [0.25, 0.3) is 0 Å². The molecular weight excluding hydrogens is 273 g/mol. The zero-order valence-corrected chi connectivity index (χ0v) is 11.4. The predicted molar refractivity (Wildman–Crippen MR) is 67.6 cm³/mol. The number of carboxylic acids is 1. The summed E-state index contributed by atoms with van der Waals surface area (Å²) >= 11 is 0. The Morgan fingerprint density at radius 1 is 1.42 bits per heavy atom. The summed E-state index contributed by atoms with van der Waals surface area (Å²) in [6.07, 6.45) is -0.327. The minimum atomic E-state index is -3.93. The maximum Gasteiger partial charge on any atom is 0.304 e. The average molecular weight is 289 g/mol. The molecule has 19 heavy (non-hydrogen) atoms. The number of hydrogen-bond donors (Lipinski definition) is 2. The van der Waals surface area contributed by atoms with Gasteiger partial charge < -0.3 is 5.11 Å². The third-order valence-corrected chi connectivity index (χ3v) is 4.10. The molecule has 7 heteroatoms. The molecule has 0 bridgehead atoms. The second-order valence-corrected chi connectivity index (χ2v) is 6.24. The van der Waals surface area contributed by atoms with Crippen molar-refractivity contribution in [2.24, 2.45) is 5.92 Å². The number of carbonyl (C=O) groups is 1. The fourth-order valence-corrected chi connectivity index (χ4v) is 2.92. The van der Waals surface area contributed by atoms with Gasteiger partial charge in [0.15, 0.2) is 0 Å². The van der Waals surface area contributed by atoms with Crippen molar-refractivity contribution in [1.82, 2.24) is 4.72 Å². The van der Waals surface area contributed by atoms with E-state index in [1.165, 1.54) is 12.1 Å². The van der Waals surface area contributed by atoms with Gasteiger partial charge in [0.1, 0.15) is 5.82 Å². The SMILES string of the molecule is CC(C)C(CC(=O)O)NS(=O)(=O)c1cccc(F)c1. The molecule has 5 nitrogen and oxygen atoms in total. The van der Waals surface area contributed by atoms with Crippen molar-refractivity contribution < 1.29 is 22.7 Å². The summed E-state index contributed by atoms with van der Waals surface area (Å²) in [6, 6.07) is 3.82. The van der Waals surface area contributed by atoms with Crippen molar-refractivity contribution in [3.05, 3.63) is 30.1 Å². The molecule has 0 aliphatic rings. The van der Waals surface area contributed by atoms with Gasteiger partial charge in [-0.2, -0.15) is 0 Å². The Kier molecular flexibility index (Phi) is 5.02. The van der Waals surface area contributed by atoms with Gasteiger partial charge in [-0.3, -0.25) is 4.79 Å². The molecule has 0 spiro atoms. The molecule has 0 heterocycles. The summed E-state index contributed by atoms with van der Waals surface area (Å²) in [5, 5.41) is 8.75. The fourth-order valence-electron chi connectivity index (χ4n) is 1.50. The van der Waals surface area contributed by atoms with Crippen molar-refractivity contribution in [1.29, 1.82) is 0 Å². The topological polar surface area (TPSA) is 83.5 Å². The Labute approximate surface area is 111 Å². The van der Waals surface area contributed by atoms with Gasteiger partial charge in [-0.15, -0.1) is 0 Å². The standard InChI is InChI=1S/C12H16FNO4S/c1-8(2)11(7-12(15)16)14-19(17,18)10-5-3-4-9(13)6-10/h3-6,8,11,14H,7H2,1-2H3,(H,15,16). The first-order valence-electron chi connectivity index (χ1n) is 5.72. The van der Waals surface area contributed by atoms with Gasteiger partial charge in [-0.25, -0.2) is 17.5 Å². The lowest BCUT2D eigenvalue weighted by Crippen LogP contribution is -2.40. The summed E-state index contributed by atoms with van der Waals surface area (Å²) in [5.41, 5.74) is 0. The van der Waals surface area contributed by atoms with Crippen LogP contribution in [0.1, 0.15) is 20.3 Å². The average Bonchev–Trinajstić information content (AvgIpc) is 2.27. The van der Waals surface area contributed by atoms with Crippen LogP contribution in [0.2, 0.25) is 0 Å². The van der Waals surface area contributed by atoms with E-state index in [-0.39, 0.29) is 17.2 Å². The number of carboxylic acid groups (broad SMARTS) is 1. The molecule has 0 aromatic heterocycles. The van der Waals surface area contributed by atoms with Gasteiger partial charge in [-0.1, -0.05) is 19.9 Å². The summed E-state index contributed by atoms with van der Waals surface area (Å²) in [7, 11) is -3.93. The number of halogens is 1. The van der Waals surface area contributed by atoms with E-state index >= 15 is 0 Å². The van der Waals surface area contributed by atoms with E-state index in [0.717, 1.165) is 12.1 Å². The molecule has 1 aromatic carbocycles. The number of aliphatic carboxylic acids is 1. The van der Waals surface area contributed by atoms with Crippen LogP contribution in [-0.2, 0) is 14.8 Å². The molecule has 0 aliphatic heterocycles. The molecule has 0 amide bonds.